The van der Waals surface area contributed by atoms with Crippen molar-refractivity contribution in [3.05, 3.63) is 85.9 Å². The highest BCUT2D eigenvalue weighted by Gasteiger charge is 2.41. The Bertz CT molecular complexity index is 1370. The van der Waals surface area contributed by atoms with Gasteiger partial charge in [-0.2, -0.15) is 0 Å². The number of amides is 1. The van der Waals surface area contributed by atoms with Gasteiger partial charge in [-0.05, 0) is 76.8 Å². The lowest BCUT2D eigenvalue weighted by Gasteiger charge is -2.35. The molecule has 7 nitrogen and oxygen atoms in total. The predicted octanol–water partition coefficient (Wildman–Crippen LogP) is 7.80. The van der Waals surface area contributed by atoms with Gasteiger partial charge in [0.1, 0.15) is 11.5 Å². The van der Waals surface area contributed by atoms with Gasteiger partial charge in [0.2, 0.25) is 0 Å². The van der Waals surface area contributed by atoms with Crippen LogP contribution in [0.4, 0.5) is 11.4 Å². The molecule has 1 aliphatic carbocycles. The first-order valence-electron chi connectivity index (χ1n) is 11.8. The number of nitro groups is 1. The molecule has 184 valence electrons. The van der Waals surface area contributed by atoms with Crippen molar-refractivity contribution in [1.29, 1.82) is 0 Å². The maximum absolute atomic E-state index is 13.6. The molecule has 0 bridgehead atoms. The minimum absolute atomic E-state index is 0.00487. The van der Waals surface area contributed by atoms with Gasteiger partial charge in [-0.25, -0.2) is 4.99 Å². The summed E-state index contributed by atoms with van der Waals surface area (Å²) in [6.07, 6.45) is 6.11. The van der Waals surface area contributed by atoms with Crippen LogP contribution in [0.15, 0.2) is 79.5 Å². The van der Waals surface area contributed by atoms with E-state index in [1.54, 1.807) is 24.3 Å². The minimum atomic E-state index is -0.442. The maximum Gasteiger partial charge on any atom is 0.270 e. The number of halogens is 1. The van der Waals surface area contributed by atoms with Crippen molar-refractivity contribution < 1.29 is 14.1 Å². The van der Waals surface area contributed by atoms with E-state index in [0.717, 1.165) is 24.9 Å². The predicted molar refractivity (Wildman–Crippen MR) is 146 cm³/mol. The fourth-order valence-corrected chi connectivity index (χ4v) is 6.26. The number of hydrogen-bond donors (Lipinski definition) is 0. The number of para-hydroxylation sites is 1. The zero-order valence-corrected chi connectivity index (χ0v) is 22.0. The van der Waals surface area contributed by atoms with E-state index < -0.39 is 4.92 Å². The second kappa shape index (κ2) is 10.4. The van der Waals surface area contributed by atoms with Gasteiger partial charge < -0.3 is 4.42 Å². The van der Waals surface area contributed by atoms with Gasteiger partial charge in [0, 0.05) is 34.3 Å². The molecule has 1 aromatic heterocycles. The van der Waals surface area contributed by atoms with Crippen LogP contribution in [0.5, 0.6) is 0 Å². The van der Waals surface area contributed by atoms with Crippen molar-refractivity contribution in [2.45, 2.75) is 38.6 Å². The first kappa shape index (κ1) is 24.5. The zero-order chi connectivity index (χ0) is 25.2. The third-order valence-corrected chi connectivity index (χ3v) is 8.18. The highest BCUT2D eigenvalue weighted by Crippen LogP contribution is 2.41. The van der Waals surface area contributed by atoms with E-state index in [1.165, 1.54) is 30.3 Å². The number of thioether (sulfide) groups is 1. The molecular formula is C27H24BrN3O4S. The first-order chi connectivity index (χ1) is 17.4. The number of carbonyl (C=O) groups is 1. The number of nitro benzene ring substituents is 1. The number of furan rings is 1. The molecule has 1 aliphatic heterocycles. The van der Waals surface area contributed by atoms with Crippen LogP contribution in [-0.4, -0.2) is 26.9 Å². The molecule has 0 N–H and O–H groups in total. The Morgan fingerprint density at radius 3 is 2.64 bits per heavy atom. The normalized spacial score (nSPS) is 22.5. The van der Waals surface area contributed by atoms with Crippen LogP contribution in [0.1, 0.15) is 38.4 Å². The molecule has 2 atom stereocenters. The summed E-state index contributed by atoms with van der Waals surface area (Å²) >= 11 is 4.76. The molecule has 1 amide bonds. The van der Waals surface area contributed by atoms with Crippen molar-refractivity contribution in [2.24, 2.45) is 10.9 Å². The average molecular weight is 566 g/mol. The fourth-order valence-electron chi connectivity index (χ4n) is 4.67. The molecule has 2 heterocycles. The molecule has 0 spiro atoms. The van der Waals surface area contributed by atoms with Crippen molar-refractivity contribution in [2.75, 3.05) is 0 Å². The maximum atomic E-state index is 13.6. The third kappa shape index (κ3) is 5.03. The Morgan fingerprint density at radius 1 is 1.14 bits per heavy atom. The molecule has 1 saturated carbocycles. The summed E-state index contributed by atoms with van der Waals surface area (Å²) < 4.78 is 6.58. The lowest BCUT2D eigenvalue weighted by molar-refractivity contribution is -0.384. The van der Waals surface area contributed by atoms with Gasteiger partial charge in [-0.1, -0.05) is 38.0 Å². The fraction of sp³-hybridized carbons (Fsp3) is 0.259. The molecule has 2 aromatic carbocycles. The Morgan fingerprint density at radius 2 is 1.92 bits per heavy atom. The Balaban J connectivity index is 1.46. The number of benzene rings is 2. The molecule has 1 saturated heterocycles. The van der Waals surface area contributed by atoms with Crippen LogP contribution in [0.3, 0.4) is 0 Å². The number of rotatable bonds is 5. The number of amidine groups is 1. The molecule has 2 fully saturated rings. The van der Waals surface area contributed by atoms with Crippen LogP contribution in [-0.2, 0) is 4.79 Å². The summed E-state index contributed by atoms with van der Waals surface area (Å²) in [7, 11) is 0. The van der Waals surface area contributed by atoms with Gasteiger partial charge in [0.15, 0.2) is 5.17 Å². The van der Waals surface area contributed by atoms with Gasteiger partial charge in [-0.3, -0.25) is 19.8 Å². The van der Waals surface area contributed by atoms with E-state index in [9.17, 15) is 14.9 Å². The zero-order valence-electron chi connectivity index (χ0n) is 19.6. The summed E-state index contributed by atoms with van der Waals surface area (Å²) in [6.45, 7) is 2.21. The molecule has 0 radical (unpaired) electrons. The summed E-state index contributed by atoms with van der Waals surface area (Å²) in [5.74, 6) is 1.43. The lowest BCUT2D eigenvalue weighted by Crippen LogP contribution is -2.44. The van der Waals surface area contributed by atoms with E-state index in [2.05, 4.69) is 22.9 Å². The van der Waals surface area contributed by atoms with Crippen molar-refractivity contribution in [1.82, 2.24) is 4.90 Å². The minimum Gasteiger partial charge on any atom is -0.457 e. The summed E-state index contributed by atoms with van der Waals surface area (Å²) in [4.78, 5) is 31.5. The van der Waals surface area contributed by atoms with E-state index >= 15 is 0 Å². The van der Waals surface area contributed by atoms with Gasteiger partial charge in [0.25, 0.3) is 11.6 Å². The van der Waals surface area contributed by atoms with Crippen molar-refractivity contribution in [3.8, 4) is 11.3 Å². The average Bonchev–Trinajstić information content (AvgIpc) is 3.44. The number of non-ortho nitro benzene ring substituents is 1. The van der Waals surface area contributed by atoms with Crippen LogP contribution in [0.25, 0.3) is 17.4 Å². The first-order valence-corrected chi connectivity index (χ1v) is 13.4. The standard InChI is InChI=1S/C27H24BrN3O4S/c1-17-7-5-6-10-23(17)30-26(32)25(36-27(30)29-18-8-3-2-4-9-18)16-20-12-14-24(35-20)21-13-11-19(31(33)34)15-22(21)28/h2-4,8-9,11-17,23H,5-7,10H2,1H3/b25-16-,29-27?/t17-,23+/m0/s1. The number of carbonyl (C=O) groups excluding carboxylic acids is 1. The molecular weight excluding hydrogens is 542 g/mol. The molecule has 36 heavy (non-hydrogen) atoms. The van der Waals surface area contributed by atoms with Crippen LogP contribution < -0.4 is 0 Å². The van der Waals surface area contributed by atoms with Crippen molar-refractivity contribution >= 4 is 56.2 Å². The second-order valence-corrected chi connectivity index (χ2v) is 10.8. The van der Waals surface area contributed by atoms with E-state index in [1.807, 2.05) is 35.2 Å². The van der Waals surface area contributed by atoms with E-state index in [-0.39, 0.29) is 17.6 Å². The Labute approximate surface area is 221 Å². The third-order valence-electron chi connectivity index (χ3n) is 6.54. The molecule has 3 aromatic rings. The van der Waals surface area contributed by atoms with E-state index in [4.69, 9.17) is 9.41 Å². The summed E-state index contributed by atoms with van der Waals surface area (Å²) in [6, 6.07) is 17.9. The SMILES string of the molecule is C[C@H]1CCCC[C@H]1N1C(=O)/C(=C/c2ccc(-c3ccc([N+](=O)[O-])cc3Br)o2)SC1=Nc1ccccc1. The quantitative estimate of drug-likeness (QED) is 0.179. The largest absolute Gasteiger partial charge is 0.457 e. The summed E-state index contributed by atoms with van der Waals surface area (Å²) in [5, 5.41) is 11.7. The number of hydrogen-bond acceptors (Lipinski definition) is 6. The smallest absolute Gasteiger partial charge is 0.270 e. The van der Waals surface area contributed by atoms with E-state index in [0.29, 0.717) is 37.5 Å². The van der Waals surface area contributed by atoms with Crippen LogP contribution >= 0.6 is 27.7 Å². The topological polar surface area (TPSA) is 89.0 Å². The number of aliphatic imine (C=N–C) groups is 1. The van der Waals surface area contributed by atoms with Gasteiger partial charge in [-0.15, -0.1) is 0 Å². The Hall–Kier alpha value is -3.17. The molecule has 5 rings (SSSR count). The van der Waals surface area contributed by atoms with Crippen LogP contribution in [0, 0.1) is 16.0 Å². The van der Waals surface area contributed by atoms with Gasteiger partial charge in [0.05, 0.1) is 15.5 Å². The Kier molecular flexibility index (Phi) is 7.11. The van der Waals surface area contributed by atoms with Gasteiger partial charge >= 0.3 is 0 Å². The summed E-state index contributed by atoms with van der Waals surface area (Å²) in [5.41, 5.74) is 1.50. The monoisotopic (exact) mass is 565 g/mol. The lowest BCUT2D eigenvalue weighted by atomic mass is 9.85. The van der Waals surface area contributed by atoms with Crippen LogP contribution in [0.2, 0.25) is 0 Å². The number of nitrogens with zero attached hydrogens (tertiary/aromatic N) is 3. The highest BCUT2D eigenvalue weighted by molar-refractivity contribution is 9.10. The molecule has 0 unspecified atom stereocenters. The molecule has 2 aliphatic rings. The highest BCUT2D eigenvalue weighted by atomic mass is 79.9. The van der Waals surface area contributed by atoms with Crippen molar-refractivity contribution in [3.63, 3.8) is 0 Å². The molecule has 9 heteroatoms. The second-order valence-electron chi connectivity index (χ2n) is 8.97.